The Kier molecular flexibility index (Phi) is 5.37. The fourth-order valence-electron chi connectivity index (χ4n) is 2.45. The standard InChI is InChI=1S/C19H25N/c1-4-7-17-10-12-18(13-11-17)16(3)20-14-19-9-6-5-8-15(19)2/h5-6,8-13,16,20H,4,7,14H2,1-3H3. The van der Waals surface area contributed by atoms with E-state index in [4.69, 9.17) is 0 Å². The van der Waals surface area contributed by atoms with E-state index in [1.54, 1.807) is 0 Å². The lowest BCUT2D eigenvalue weighted by Crippen LogP contribution is -2.18. The lowest BCUT2D eigenvalue weighted by Gasteiger charge is -2.16. The van der Waals surface area contributed by atoms with Crippen molar-refractivity contribution in [3.05, 3.63) is 70.8 Å². The molecule has 0 saturated carbocycles. The summed E-state index contributed by atoms with van der Waals surface area (Å²) in [5.74, 6) is 0. The second kappa shape index (κ2) is 7.25. The maximum absolute atomic E-state index is 3.61. The van der Waals surface area contributed by atoms with E-state index in [9.17, 15) is 0 Å². The van der Waals surface area contributed by atoms with Crippen molar-refractivity contribution in [3.63, 3.8) is 0 Å². The van der Waals surface area contributed by atoms with E-state index in [0.717, 1.165) is 6.54 Å². The Bertz CT molecular complexity index is 528. The van der Waals surface area contributed by atoms with E-state index in [0.29, 0.717) is 6.04 Å². The van der Waals surface area contributed by atoms with Crippen LogP contribution in [0.25, 0.3) is 0 Å². The smallest absolute Gasteiger partial charge is 0.0294 e. The van der Waals surface area contributed by atoms with Gasteiger partial charge in [-0.25, -0.2) is 0 Å². The molecule has 0 aliphatic heterocycles. The van der Waals surface area contributed by atoms with Crippen LogP contribution in [-0.4, -0.2) is 0 Å². The number of hydrogen-bond acceptors (Lipinski definition) is 1. The second-order valence-electron chi connectivity index (χ2n) is 5.52. The highest BCUT2D eigenvalue weighted by Gasteiger charge is 2.05. The third kappa shape index (κ3) is 3.94. The van der Waals surface area contributed by atoms with Gasteiger partial charge in [-0.3, -0.25) is 0 Å². The van der Waals surface area contributed by atoms with Crippen molar-refractivity contribution in [2.45, 2.75) is 46.2 Å². The van der Waals surface area contributed by atoms with E-state index in [2.05, 4.69) is 74.6 Å². The monoisotopic (exact) mass is 267 g/mol. The van der Waals surface area contributed by atoms with Crippen LogP contribution in [0.4, 0.5) is 0 Å². The quantitative estimate of drug-likeness (QED) is 0.793. The number of nitrogens with one attached hydrogen (secondary N) is 1. The fourth-order valence-corrected chi connectivity index (χ4v) is 2.45. The predicted molar refractivity (Wildman–Crippen MR) is 86.9 cm³/mol. The third-order valence-electron chi connectivity index (χ3n) is 3.88. The lowest BCUT2D eigenvalue weighted by molar-refractivity contribution is 0.573. The highest BCUT2D eigenvalue weighted by molar-refractivity contribution is 5.27. The summed E-state index contributed by atoms with van der Waals surface area (Å²) in [6, 6.07) is 17.9. The minimum atomic E-state index is 0.380. The molecule has 106 valence electrons. The molecule has 2 aromatic rings. The topological polar surface area (TPSA) is 12.0 Å². The number of benzene rings is 2. The molecule has 0 aliphatic carbocycles. The molecule has 0 aliphatic rings. The zero-order valence-electron chi connectivity index (χ0n) is 12.8. The summed E-state index contributed by atoms with van der Waals surface area (Å²) < 4.78 is 0. The first-order valence-corrected chi connectivity index (χ1v) is 7.57. The average Bonchev–Trinajstić information content (AvgIpc) is 2.47. The number of rotatable bonds is 6. The van der Waals surface area contributed by atoms with Gasteiger partial charge < -0.3 is 5.32 Å². The molecule has 0 spiro atoms. The van der Waals surface area contributed by atoms with Gasteiger partial charge >= 0.3 is 0 Å². The highest BCUT2D eigenvalue weighted by atomic mass is 14.9. The van der Waals surface area contributed by atoms with Crippen LogP contribution in [0.5, 0.6) is 0 Å². The maximum atomic E-state index is 3.61. The van der Waals surface area contributed by atoms with Crippen LogP contribution >= 0.6 is 0 Å². The van der Waals surface area contributed by atoms with E-state index in [1.165, 1.54) is 35.1 Å². The number of aryl methyl sites for hydroxylation is 2. The minimum Gasteiger partial charge on any atom is -0.306 e. The van der Waals surface area contributed by atoms with Gasteiger partial charge in [-0.05, 0) is 42.5 Å². The molecule has 0 amide bonds. The van der Waals surface area contributed by atoms with Gasteiger partial charge in [-0.2, -0.15) is 0 Å². The molecular formula is C19H25N. The minimum absolute atomic E-state index is 0.380. The largest absolute Gasteiger partial charge is 0.306 e. The zero-order valence-corrected chi connectivity index (χ0v) is 12.8. The summed E-state index contributed by atoms with van der Waals surface area (Å²) in [5, 5.41) is 3.61. The molecule has 2 rings (SSSR count). The van der Waals surface area contributed by atoms with Gasteiger partial charge in [0, 0.05) is 12.6 Å². The summed E-state index contributed by atoms with van der Waals surface area (Å²) in [7, 11) is 0. The van der Waals surface area contributed by atoms with Gasteiger partial charge in [0.05, 0.1) is 0 Å². The van der Waals surface area contributed by atoms with Crippen LogP contribution in [-0.2, 0) is 13.0 Å². The van der Waals surface area contributed by atoms with E-state index >= 15 is 0 Å². The van der Waals surface area contributed by atoms with E-state index < -0.39 is 0 Å². The molecule has 0 heterocycles. The van der Waals surface area contributed by atoms with Crippen molar-refractivity contribution in [2.24, 2.45) is 0 Å². The van der Waals surface area contributed by atoms with Crippen molar-refractivity contribution < 1.29 is 0 Å². The maximum Gasteiger partial charge on any atom is 0.0294 e. The van der Waals surface area contributed by atoms with Gasteiger partial charge in [0.2, 0.25) is 0 Å². The van der Waals surface area contributed by atoms with Crippen molar-refractivity contribution in [2.75, 3.05) is 0 Å². The highest BCUT2D eigenvalue weighted by Crippen LogP contribution is 2.16. The number of hydrogen-bond donors (Lipinski definition) is 1. The van der Waals surface area contributed by atoms with Crippen LogP contribution < -0.4 is 5.32 Å². The van der Waals surface area contributed by atoms with Crippen molar-refractivity contribution >= 4 is 0 Å². The first kappa shape index (κ1) is 14.8. The molecule has 0 fully saturated rings. The Hall–Kier alpha value is -1.60. The fraction of sp³-hybridized carbons (Fsp3) is 0.368. The van der Waals surface area contributed by atoms with Crippen molar-refractivity contribution in [3.8, 4) is 0 Å². The molecule has 0 radical (unpaired) electrons. The van der Waals surface area contributed by atoms with Crippen LogP contribution in [0.2, 0.25) is 0 Å². The lowest BCUT2D eigenvalue weighted by atomic mass is 10.0. The predicted octanol–water partition coefficient (Wildman–Crippen LogP) is 4.80. The summed E-state index contributed by atoms with van der Waals surface area (Å²) in [5.41, 5.74) is 5.52. The van der Waals surface area contributed by atoms with E-state index in [1.807, 2.05) is 0 Å². The molecule has 1 heteroatoms. The molecule has 1 atom stereocenters. The van der Waals surface area contributed by atoms with Crippen molar-refractivity contribution in [1.82, 2.24) is 5.32 Å². The third-order valence-corrected chi connectivity index (χ3v) is 3.88. The Morgan fingerprint density at radius 1 is 1.00 bits per heavy atom. The molecule has 1 unspecified atom stereocenters. The molecule has 20 heavy (non-hydrogen) atoms. The van der Waals surface area contributed by atoms with Crippen LogP contribution in [0.1, 0.15) is 48.6 Å². The molecule has 1 N–H and O–H groups in total. The Morgan fingerprint density at radius 3 is 2.35 bits per heavy atom. The normalized spacial score (nSPS) is 12.3. The molecule has 0 saturated heterocycles. The SMILES string of the molecule is CCCc1ccc(C(C)NCc2ccccc2C)cc1. The zero-order chi connectivity index (χ0) is 14.4. The Balaban J connectivity index is 1.94. The summed E-state index contributed by atoms with van der Waals surface area (Å²) >= 11 is 0. The second-order valence-corrected chi connectivity index (χ2v) is 5.52. The Labute approximate surface area is 123 Å². The first-order valence-electron chi connectivity index (χ1n) is 7.57. The first-order chi connectivity index (χ1) is 9.70. The molecule has 2 aromatic carbocycles. The molecular weight excluding hydrogens is 242 g/mol. The molecule has 0 bridgehead atoms. The summed E-state index contributed by atoms with van der Waals surface area (Å²) in [6.45, 7) is 7.54. The van der Waals surface area contributed by atoms with Gasteiger partial charge in [0.25, 0.3) is 0 Å². The van der Waals surface area contributed by atoms with Crippen LogP contribution in [0, 0.1) is 6.92 Å². The van der Waals surface area contributed by atoms with Crippen molar-refractivity contribution in [1.29, 1.82) is 0 Å². The van der Waals surface area contributed by atoms with E-state index in [-0.39, 0.29) is 0 Å². The Morgan fingerprint density at radius 2 is 1.70 bits per heavy atom. The van der Waals surface area contributed by atoms with Crippen LogP contribution in [0.15, 0.2) is 48.5 Å². The van der Waals surface area contributed by atoms with Gasteiger partial charge in [-0.15, -0.1) is 0 Å². The van der Waals surface area contributed by atoms with Gasteiger partial charge in [0.1, 0.15) is 0 Å². The van der Waals surface area contributed by atoms with Gasteiger partial charge in [0.15, 0.2) is 0 Å². The average molecular weight is 267 g/mol. The summed E-state index contributed by atoms with van der Waals surface area (Å²) in [4.78, 5) is 0. The summed E-state index contributed by atoms with van der Waals surface area (Å²) in [6.07, 6.45) is 2.38. The van der Waals surface area contributed by atoms with Gasteiger partial charge in [-0.1, -0.05) is 61.9 Å². The molecule has 0 aromatic heterocycles. The molecule has 1 nitrogen and oxygen atoms in total. The van der Waals surface area contributed by atoms with Crippen LogP contribution in [0.3, 0.4) is 0 Å².